The fourth-order valence-electron chi connectivity index (χ4n) is 3.38. The maximum Gasteiger partial charge on any atom is 0.283 e. The lowest BCUT2D eigenvalue weighted by Crippen LogP contribution is -2.21. The first-order chi connectivity index (χ1) is 15.3. The molecule has 0 fully saturated rings. The van der Waals surface area contributed by atoms with E-state index >= 15 is 0 Å². The first-order valence-electron chi connectivity index (χ1n) is 9.46. The maximum absolute atomic E-state index is 13.2. The molecule has 4 rings (SSSR count). The third kappa shape index (κ3) is 4.45. The van der Waals surface area contributed by atoms with E-state index in [4.69, 9.17) is 11.6 Å². The molecule has 166 valence electrons. The largest absolute Gasteiger partial charge is 0.308 e. The van der Waals surface area contributed by atoms with Gasteiger partial charge in [0.05, 0.1) is 11.6 Å². The molecule has 2 aromatic heterocycles. The molecule has 2 heterocycles. The van der Waals surface area contributed by atoms with Gasteiger partial charge in [-0.2, -0.15) is 10.2 Å². The number of alkyl halides is 4. The van der Waals surface area contributed by atoms with Crippen LogP contribution < -0.4 is 5.32 Å². The van der Waals surface area contributed by atoms with Gasteiger partial charge >= 0.3 is 0 Å². The highest BCUT2D eigenvalue weighted by Crippen LogP contribution is 2.34. The molecular weight excluding hydrogens is 450 g/mol. The number of rotatable bonds is 7. The minimum absolute atomic E-state index is 0.182. The molecule has 4 aromatic rings. The third-order valence-corrected chi connectivity index (χ3v) is 5.17. The molecule has 0 aliphatic carbocycles. The lowest BCUT2D eigenvalue weighted by molar-refractivity contribution is -0.117. The van der Waals surface area contributed by atoms with Gasteiger partial charge in [0, 0.05) is 12.3 Å². The van der Waals surface area contributed by atoms with Crippen molar-refractivity contribution in [2.45, 2.75) is 25.9 Å². The Morgan fingerprint density at radius 3 is 2.50 bits per heavy atom. The van der Waals surface area contributed by atoms with Crippen molar-refractivity contribution in [2.24, 2.45) is 0 Å². The summed E-state index contributed by atoms with van der Waals surface area (Å²) in [6.07, 6.45) is -4.66. The highest BCUT2D eigenvalue weighted by atomic mass is 35.5. The van der Waals surface area contributed by atoms with E-state index in [1.54, 1.807) is 10.9 Å². The molecule has 32 heavy (non-hydrogen) atoms. The number of aromatic nitrogens is 4. The van der Waals surface area contributed by atoms with Crippen LogP contribution in [0.3, 0.4) is 0 Å². The van der Waals surface area contributed by atoms with Crippen LogP contribution in [0.1, 0.15) is 29.8 Å². The van der Waals surface area contributed by atoms with E-state index < -0.39 is 41.7 Å². The Kier molecular flexibility index (Phi) is 6.13. The van der Waals surface area contributed by atoms with Crippen LogP contribution >= 0.6 is 11.6 Å². The summed E-state index contributed by atoms with van der Waals surface area (Å²) in [5.41, 5.74) is -0.899. The molecule has 0 spiro atoms. The number of amides is 1. The summed E-state index contributed by atoms with van der Waals surface area (Å²) in [6.45, 7) is -0.276. The monoisotopic (exact) mass is 465 g/mol. The van der Waals surface area contributed by atoms with Crippen LogP contribution in [0.4, 0.5) is 23.4 Å². The van der Waals surface area contributed by atoms with Crippen molar-refractivity contribution in [3.8, 4) is 0 Å². The van der Waals surface area contributed by atoms with Gasteiger partial charge in [0.1, 0.15) is 17.9 Å². The second-order valence-corrected chi connectivity index (χ2v) is 7.31. The number of nitrogens with zero attached hydrogens (tertiary/aromatic N) is 4. The van der Waals surface area contributed by atoms with E-state index in [1.165, 1.54) is 6.07 Å². The second-order valence-electron chi connectivity index (χ2n) is 6.93. The van der Waals surface area contributed by atoms with Gasteiger partial charge < -0.3 is 5.32 Å². The minimum Gasteiger partial charge on any atom is -0.308 e. The number of halogens is 5. The van der Waals surface area contributed by atoms with E-state index in [0.717, 1.165) is 16.3 Å². The van der Waals surface area contributed by atoms with E-state index in [2.05, 4.69) is 15.5 Å². The summed E-state index contributed by atoms with van der Waals surface area (Å²) in [4.78, 5) is 12.3. The summed E-state index contributed by atoms with van der Waals surface area (Å²) >= 11 is 5.59. The second kappa shape index (κ2) is 8.99. The molecule has 0 radical (unpaired) electrons. The predicted octanol–water partition coefficient (Wildman–Crippen LogP) is 5.45. The molecule has 0 atom stereocenters. The van der Waals surface area contributed by atoms with Gasteiger partial charge in [-0.25, -0.2) is 17.6 Å². The number of nitrogens with one attached hydrogen (secondary N) is 1. The molecule has 11 heteroatoms. The number of hydrogen-bond acceptors (Lipinski definition) is 3. The number of benzene rings is 2. The Morgan fingerprint density at radius 2 is 1.75 bits per heavy atom. The van der Waals surface area contributed by atoms with Gasteiger partial charge in [-0.1, -0.05) is 54.1 Å². The van der Waals surface area contributed by atoms with Crippen LogP contribution in [-0.4, -0.2) is 25.5 Å². The molecule has 1 N–H and O–H groups in total. The van der Waals surface area contributed by atoms with Gasteiger partial charge in [0.2, 0.25) is 5.91 Å². The molecule has 0 bridgehead atoms. The van der Waals surface area contributed by atoms with Crippen molar-refractivity contribution in [1.82, 2.24) is 19.6 Å². The van der Waals surface area contributed by atoms with Gasteiger partial charge in [-0.05, 0) is 16.3 Å². The summed E-state index contributed by atoms with van der Waals surface area (Å²) < 4.78 is 54.4. The molecule has 1 amide bonds. The number of fused-ring (bicyclic) bond motifs is 1. The Hall–Kier alpha value is -3.40. The van der Waals surface area contributed by atoms with Crippen LogP contribution in [-0.2, 0) is 17.9 Å². The van der Waals surface area contributed by atoms with Crippen molar-refractivity contribution in [2.75, 3.05) is 5.32 Å². The zero-order valence-electron chi connectivity index (χ0n) is 16.4. The summed E-state index contributed by atoms with van der Waals surface area (Å²) in [6, 6.07) is 15.3. The molecule has 0 unspecified atom stereocenters. The lowest BCUT2D eigenvalue weighted by Gasteiger charge is -2.08. The van der Waals surface area contributed by atoms with Gasteiger partial charge in [0.25, 0.3) is 12.9 Å². The SMILES string of the molecule is O=C(Cn1nc(C(F)F)c(Cl)c1C(F)F)Nc1ccn(Cc2cccc3ccccc23)n1. The van der Waals surface area contributed by atoms with Crippen molar-refractivity contribution >= 4 is 34.1 Å². The zero-order chi connectivity index (χ0) is 22.8. The van der Waals surface area contributed by atoms with Crippen molar-refractivity contribution in [3.63, 3.8) is 0 Å². The average Bonchev–Trinajstić information content (AvgIpc) is 3.31. The molecule has 0 saturated heterocycles. The van der Waals surface area contributed by atoms with Crippen LogP contribution in [0.2, 0.25) is 5.02 Å². The summed E-state index contributed by atoms with van der Waals surface area (Å²) in [5.74, 6) is -0.580. The van der Waals surface area contributed by atoms with Crippen LogP contribution in [0.25, 0.3) is 10.8 Å². The van der Waals surface area contributed by atoms with Gasteiger partial charge in [-0.3, -0.25) is 14.2 Å². The number of carbonyl (C=O) groups is 1. The predicted molar refractivity (Wildman–Crippen MR) is 111 cm³/mol. The zero-order valence-corrected chi connectivity index (χ0v) is 17.1. The van der Waals surface area contributed by atoms with Gasteiger partial charge in [-0.15, -0.1) is 0 Å². The number of hydrogen-bond donors (Lipinski definition) is 1. The first-order valence-corrected chi connectivity index (χ1v) is 9.83. The topological polar surface area (TPSA) is 64.7 Å². The molecule has 0 aliphatic rings. The highest BCUT2D eigenvalue weighted by molar-refractivity contribution is 6.32. The molecule has 0 aliphatic heterocycles. The number of carbonyl (C=O) groups excluding carboxylic acids is 1. The smallest absolute Gasteiger partial charge is 0.283 e. The molecule has 0 saturated carbocycles. The van der Waals surface area contributed by atoms with Gasteiger partial charge in [0.15, 0.2) is 5.82 Å². The maximum atomic E-state index is 13.2. The Balaban J connectivity index is 1.47. The fourth-order valence-corrected chi connectivity index (χ4v) is 3.68. The lowest BCUT2D eigenvalue weighted by atomic mass is 10.0. The minimum atomic E-state index is -3.17. The van der Waals surface area contributed by atoms with Crippen molar-refractivity contribution in [3.05, 3.63) is 76.7 Å². The van der Waals surface area contributed by atoms with E-state index in [1.807, 2.05) is 42.5 Å². The molecule has 6 nitrogen and oxygen atoms in total. The third-order valence-electron chi connectivity index (χ3n) is 4.78. The van der Waals surface area contributed by atoms with Crippen LogP contribution in [0.5, 0.6) is 0 Å². The number of anilines is 1. The normalized spacial score (nSPS) is 11.6. The van der Waals surface area contributed by atoms with E-state index in [0.29, 0.717) is 11.2 Å². The van der Waals surface area contributed by atoms with Crippen molar-refractivity contribution in [1.29, 1.82) is 0 Å². The Morgan fingerprint density at radius 1 is 1.00 bits per heavy atom. The highest BCUT2D eigenvalue weighted by Gasteiger charge is 2.28. The molecule has 2 aromatic carbocycles. The van der Waals surface area contributed by atoms with E-state index in [-0.39, 0.29) is 5.82 Å². The standard InChI is InChI=1S/C21H16ClF4N5O/c22-17-18(20(23)24)29-31(19(17)21(25)26)11-16(32)27-15-8-9-30(28-15)10-13-6-3-5-12-4-1-2-7-14(12)13/h1-9,20-21H,10-11H2,(H,27,28,32). The van der Waals surface area contributed by atoms with E-state index in [9.17, 15) is 22.4 Å². The van der Waals surface area contributed by atoms with Crippen LogP contribution in [0, 0.1) is 0 Å². The molecular formula is C21H16ClF4N5O. The Bertz CT molecular complexity index is 1270. The quantitative estimate of drug-likeness (QED) is 0.369. The first kappa shape index (κ1) is 21.8. The fraction of sp³-hybridized carbons (Fsp3) is 0.190. The summed E-state index contributed by atoms with van der Waals surface area (Å²) in [7, 11) is 0. The average molecular weight is 466 g/mol. The van der Waals surface area contributed by atoms with Crippen LogP contribution in [0.15, 0.2) is 54.7 Å². The van der Waals surface area contributed by atoms with Crippen molar-refractivity contribution < 1.29 is 22.4 Å². The summed E-state index contributed by atoms with van der Waals surface area (Å²) in [5, 5.41) is 11.4. The Labute approximate surface area is 184 Å².